The minimum Gasteiger partial charge on any atom is -0.481 e. The Bertz CT molecular complexity index is 1520. The number of nitrogens with one attached hydrogen (secondary N) is 2. The first-order valence-corrected chi connectivity index (χ1v) is 14.7. The Balaban J connectivity index is 1.54. The quantitative estimate of drug-likeness (QED) is 0.153. The molecular formula is C33H34F4N2O7. The molecular weight excluding hydrogens is 612 g/mol. The molecule has 1 heterocycles. The number of rotatable bonds is 14. The van der Waals surface area contributed by atoms with E-state index in [0.29, 0.717) is 30.1 Å². The van der Waals surface area contributed by atoms with Gasteiger partial charge in [-0.3, -0.25) is 19.7 Å². The summed E-state index contributed by atoms with van der Waals surface area (Å²) in [5.74, 6) is -11.3. The minimum atomic E-state index is -1.87. The molecule has 1 aliphatic rings. The number of carboxylic acid groups (broad SMARTS) is 1. The van der Waals surface area contributed by atoms with Crippen LogP contribution in [0.2, 0.25) is 0 Å². The van der Waals surface area contributed by atoms with E-state index in [-0.39, 0.29) is 6.07 Å². The molecule has 246 valence electrons. The second kappa shape index (κ2) is 15.2. The molecule has 3 aromatic carbocycles. The summed E-state index contributed by atoms with van der Waals surface area (Å²) in [5, 5.41) is 15.1. The number of Topliss-reactive ketones (excluding diaryl/α,β-unsaturated/α-hetero) is 1. The van der Waals surface area contributed by atoms with E-state index in [9.17, 15) is 37.1 Å². The fourth-order valence-corrected chi connectivity index (χ4v) is 5.04. The first kappa shape index (κ1) is 34.4. The van der Waals surface area contributed by atoms with E-state index in [0.717, 1.165) is 12.8 Å². The average molecular weight is 647 g/mol. The predicted molar refractivity (Wildman–Crippen MR) is 157 cm³/mol. The molecule has 0 bridgehead atoms. The van der Waals surface area contributed by atoms with Crippen molar-refractivity contribution in [2.45, 2.75) is 57.3 Å². The van der Waals surface area contributed by atoms with Gasteiger partial charge in [0, 0.05) is 18.2 Å². The van der Waals surface area contributed by atoms with Crippen LogP contribution < -0.4 is 20.1 Å². The standard InChI is InChI=1S/C33H34F4N2O7/c1-19(2)30(32(43)38-25(17-27(41)42)26(40)18-44-31-28(36)23(34)16-24(35)29(31)37)39-33(13-6-7-14-45-33)20-9-8-12-22(15-20)46-21-10-4-3-5-11-21/h3-5,8-12,15-16,19,25,30,39H,6-7,13-14,17-18H2,1-2H3,(H,38,43)(H,41,42)/t25-,30-,33?/m0/s1. The first-order chi connectivity index (χ1) is 21.9. The summed E-state index contributed by atoms with van der Waals surface area (Å²) in [6, 6.07) is 13.6. The maximum absolute atomic E-state index is 14.0. The number of hydrogen-bond donors (Lipinski definition) is 3. The molecule has 1 fully saturated rings. The van der Waals surface area contributed by atoms with Crippen LogP contribution in [0.5, 0.6) is 17.2 Å². The number of carbonyl (C=O) groups excluding carboxylic acids is 2. The molecule has 0 saturated carbocycles. The van der Waals surface area contributed by atoms with E-state index < -0.39 is 83.4 Å². The molecule has 46 heavy (non-hydrogen) atoms. The summed E-state index contributed by atoms with van der Waals surface area (Å²) in [5.41, 5.74) is -0.469. The number of para-hydroxylation sites is 1. The van der Waals surface area contributed by atoms with Crippen LogP contribution in [0.4, 0.5) is 17.6 Å². The fraction of sp³-hybridized carbons (Fsp3) is 0.364. The van der Waals surface area contributed by atoms with Gasteiger partial charge in [-0.1, -0.05) is 44.2 Å². The fourth-order valence-electron chi connectivity index (χ4n) is 5.04. The van der Waals surface area contributed by atoms with Crippen LogP contribution in [0.1, 0.15) is 45.1 Å². The Labute approximate surface area is 262 Å². The topological polar surface area (TPSA) is 123 Å². The van der Waals surface area contributed by atoms with E-state index in [1.54, 1.807) is 44.2 Å². The molecule has 3 atom stereocenters. The van der Waals surface area contributed by atoms with Gasteiger partial charge in [0.05, 0.1) is 12.5 Å². The highest BCUT2D eigenvalue weighted by Gasteiger charge is 2.41. The van der Waals surface area contributed by atoms with Crippen molar-refractivity contribution in [3.8, 4) is 17.2 Å². The van der Waals surface area contributed by atoms with Crippen molar-refractivity contribution in [3.05, 3.63) is 89.5 Å². The molecule has 0 radical (unpaired) electrons. The molecule has 13 heteroatoms. The molecule has 0 spiro atoms. The number of carboxylic acids is 1. The van der Waals surface area contributed by atoms with Crippen LogP contribution in [0.25, 0.3) is 0 Å². The molecule has 1 unspecified atom stereocenters. The van der Waals surface area contributed by atoms with Gasteiger partial charge < -0.3 is 24.6 Å². The van der Waals surface area contributed by atoms with Gasteiger partial charge in [-0.25, -0.2) is 8.78 Å². The second-order valence-corrected chi connectivity index (χ2v) is 11.2. The maximum atomic E-state index is 14.0. The van der Waals surface area contributed by atoms with Crippen LogP contribution in [0.3, 0.4) is 0 Å². The number of ether oxygens (including phenoxy) is 3. The van der Waals surface area contributed by atoms with E-state index in [4.69, 9.17) is 14.2 Å². The smallest absolute Gasteiger partial charge is 0.305 e. The largest absolute Gasteiger partial charge is 0.481 e. The summed E-state index contributed by atoms with van der Waals surface area (Å²) in [6.07, 6.45) is 1.12. The number of hydrogen-bond acceptors (Lipinski definition) is 7. The third kappa shape index (κ3) is 8.40. The van der Waals surface area contributed by atoms with Crippen molar-refractivity contribution in [3.63, 3.8) is 0 Å². The van der Waals surface area contributed by atoms with Gasteiger partial charge in [0.2, 0.25) is 17.5 Å². The number of aliphatic carboxylic acids is 1. The molecule has 0 aliphatic carbocycles. The minimum absolute atomic E-state index is 0.0266. The monoisotopic (exact) mass is 646 g/mol. The third-order valence-electron chi connectivity index (χ3n) is 7.40. The van der Waals surface area contributed by atoms with Crippen LogP contribution in [0, 0.1) is 29.2 Å². The van der Waals surface area contributed by atoms with Gasteiger partial charge >= 0.3 is 5.97 Å². The zero-order valence-corrected chi connectivity index (χ0v) is 25.2. The van der Waals surface area contributed by atoms with Crippen molar-refractivity contribution >= 4 is 17.7 Å². The zero-order valence-electron chi connectivity index (χ0n) is 25.2. The Hall–Kier alpha value is -4.49. The second-order valence-electron chi connectivity index (χ2n) is 11.2. The molecule has 3 aromatic rings. The van der Waals surface area contributed by atoms with Crippen molar-refractivity contribution in [1.82, 2.24) is 10.6 Å². The maximum Gasteiger partial charge on any atom is 0.305 e. The lowest BCUT2D eigenvalue weighted by Gasteiger charge is -2.42. The molecule has 0 aromatic heterocycles. The first-order valence-electron chi connectivity index (χ1n) is 14.7. The van der Waals surface area contributed by atoms with Gasteiger partial charge in [0.1, 0.15) is 29.9 Å². The summed E-state index contributed by atoms with van der Waals surface area (Å²) >= 11 is 0. The summed E-state index contributed by atoms with van der Waals surface area (Å²) in [4.78, 5) is 38.2. The normalized spacial score (nSPS) is 17.6. The summed E-state index contributed by atoms with van der Waals surface area (Å²) < 4.78 is 72.2. The number of halogens is 4. The lowest BCUT2D eigenvalue weighted by molar-refractivity contribution is -0.143. The molecule has 9 nitrogen and oxygen atoms in total. The molecule has 1 saturated heterocycles. The lowest BCUT2D eigenvalue weighted by atomic mass is 9.91. The molecule has 4 rings (SSSR count). The van der Waals surface area contributed by atoms with E-state index in [2.05, 4.69) is 10.6 Å². The molecule has 1 aliphatic heterocycles. The van der Waals surface area contributed by atoms with E-state index in [1.807, 2.05) is 24.3 Å². The van der Waals surface area contributed by atoms with Crippen molar-refractivity contribution in [2.75, 3.05) is 13.2 Å². The highest BCUT2D eigenvalue weighted by atomic mass is 19.2. The van der Waals surface area contributed by atoms with E-state index in [1.165, 1.54) is 0 Å². The van der Waals surface area contributed by atoms with Crippen LogP contribution in [-0.4, -0.2) is 48.1 Å². The average Bonchev–Trinajstić information content (AvgIpc) is 3.03. The lowest BCUT2D eigenvalue weighted by Crippen LogP contribution is -2.60. The zero-order chi connectivity index (χ0) is 33.4. The van der Waals surface area contributed by atoms with Crippen LogP contribution in [-0.2, 0) is 24.8 Å². The predicted octanol–water partition coefficient (Wildman–Crippen LogP) is 5.61. The number of carbonyl (C=O) groups is 3. The van der Waals surface area contributed by atoms with E-state index >= 15 is 0 Å². The summed E-state index contributed by atoms with van der Waals surface area (Å²) in [6.45, 7) is 2.68. The van der Waals surface area contributed by atoms with Gasteiger partial charge in [-0.2, -0.15) is 8.78 Å². The Kier molecular flexibility index (Phi) is 11.4. The number of amides is 1. The molecule has 1 amide bonds. The van der Waals surface area contributed by atoms with Crippen molar-refractivity contribution in [2.24, 2.45) is 5.92 Å². The highest BCUT2D eigenvalue weighted by Crippen LogP contribution is 2.36. The van der Waals surface area contributed by atoms with Crippen molar-refractivity contribution < 1.29 is 51.3 Å². The summed E-state index contributed by atoms with van der Waals surface area (Å²) in [7, 11) is 0. The SMILES string of the molecule is CC(C)[C@H](NC1(c2cccc(Oc3ccccc3)c2)CCCCO1)C(=O)N[C@@H](CC(=O)O)C(=O)COc1c(F)c(F)cc(F)c1F. The van der Waals surface area contributed by atoms with Gasteiger partial charge in [-0.05, 0) is 49.4 Å². The highest BCUT2D eigenvalue weighted by molar-refractivity contribution is 5.94. The van der Waals surface area contributed by atoms with Crippen LogP contribution >= 0.6 is 0 Å². The number of benzene rings is 3. The van der Waals surface area contributed by atoms with Gasteiger partial charge in [0.15, 0.2) is 23.2 Å². The van der Waals surface area contributed by atoms with Gasteiger partial charge in [0.25, 0.3) is 0 Å². The van der Waals surface area contributed by atoms with Gasteiger partial charge in [-0.15, -0.1) is 0 Å². The van der Waals surface area contributed by atoms with Crippen LogP contribution in [0.15, 0.2) is 60.7 Å². The van der Waals surface area contributed by atoms with Crippen molar-refractivity contribution in [1.29, 1.82) is 0 Å². The Morgan fingerprint density at radius 1 is 0.935 bits per heavy atom. The Morgan fingerprint density at radius 3 is 2.22 bits per heavy atom. The Morgan fingerprint density at radius 2 is 1.61 bits per heavy atom. The number of ketones is 1. The molecule has 3 N–H and O–H groups in total. The third-order valence-corrected chi connectivity index (χ3v) is 7.40.